The van der Waals surface area contributed by atoms with Gasteiger partial charge < -0.3 is 0 Å². The second-order valence-corrected chi connectivity index (χ2v) is 2.02. The maximum absolute atomic E-state index is 3.94. The van der Waals surface area contributed by atoms with Crippen molar-refractivity contribution in [3.8, 4) is 0 Å². The smallest absolute Gasteiger partial charge is 0.0680 e. The molecule has 0 unspecified atom stereocenters. The molecule has 1 heteroatoms. The van der Waals surface area contributed by atoms with E-state index in [0.717, 1.165) is 5.56 Å². The highest BCUT2D eigenvalue weighted by Gasteiger charge is 1.79. The Morgan fingerprint density at radius 1 is 1.27 bits per heavy atom. The third kappa shape index (κ3) is 2.65. The minimum absolute atomic E-state index is 1.08. The van der Waals surface area contributed by atoms with Gasteiger partial charge in [-0.25, -0.2) is 0 Å². The lowest BCUT2D eigenvalue weighted by atomic mass is 10.2. The van der Waals surface area contributed by atoms with E-state index in [1.807, 2.05) is 30.3 Å². The van der Waals surface area contributed by atoms with Crippen LogP contribution >= 0.6 is 0 Å². The van der Waals surface area contributed by atoms with Crippen LogP contribution in [0.3, 0.4) is 0 Å². The maximum atomic E-state index is 3.94. The summed E-state index contributed by atoms with van der Waals surface area (Å²) in [5.74, 6) is 0. The van der Waals surface area contributed by atoms with Crippen LogP contribution < -0.4 is 0 Å². The molecule has 54 valence electrons. The molecule has 0 radical (unpaired) electrons. The van der Waals surface area contributed by atoms with Gasteiger partial charge in [0.2, 0.25) is 0 Å². The van der Waals surface area contributed by atoms with Gasteiger partial charge in [-0.05, 0) is 5.56 Å². The predicted octanol–water partition coefficient (Wildman–Crippen LogP) is 2.40. The third-order valence-electron chi connectivity index (χ3n) is 1.19. The molecule has 0 amide bonds. The van der Waals surface area contributed by atoms with E-state index < -0.39 is 0 Å². The molecule has 1 nitrogen and oxygen atoms in total. The zero-order valence-electron chi connectivity index (χ0n) is 6.20. The Labute approximate surface area is 66.4 Å². The van der Waals surface area contributed by atoms with Crippen LogP contribution in [0.2, 0.25) is 0 Å². The normalized spacial score (nSPS) is 9.45. The number of nitrogens with zero attached hydrogens (tertiary/aromatic N) is 1. The monoisotopic (exact) mass is 143 g/mol. The quantitative estimate of drug-likeness (QED) is 0.445. The van der Waals surface area contributed by atoms with E-state index >= 15 is 0 Å². The summed E-state index contributed by atoms with van der Waals surface area (Å²) in [5, 5.41) is 0. The molecule has 0 heterocycles. The molecule has 1 aromatic carbocycles. The van der Waals surface area contributed by atoms with Crippen molar-refractivity contribution < 1.29 is 0 Å². The molecule has 0 aliphatic carbocycles. The summed E-state index contributed by atoms with van der Waals surface area (Å²) in [6.45, 7) is 3.40. The summed E-state index contributed by atoms with van der Waals surface area (Å²) in [4.78, 5) is 3.94. The van der Waals surface area contributed by atoms with Gasteiger partial charge in [-0.15, -0.1) is 5.73 Å². The van der Waals surface area contributed by atoms with E-state index in [4.69, 9.17) is 0 Å². The van der Waals surface area contributed by atoms with E-state index in [-0.39, 0.29) is 0 Å². The summed E-state index contributed by atoms with van der Waals surface area (Å²) in [6, 6.07) is 9.89. The lowest BCUT2D eigenvalue weighted by molar-refractivity contribution is 1.58. The minimum Gasteiger partial charge on any atom is -0.256 e. The molecule has 0 bridgehead atoms. The van der Waals surface area contributed by atoms with Crippen molar-refractivity contribution >= 4 is 6.21 Å². The first-order valence-electron chi connectivity index (χ1n) is 3.36. The molecule has 0 N–H and O–H groups in total. The molecule has 0 aliphatic rings. The van der Waals surface area contributed by atoms with Gasteiger partial charge in [0.25, 0.3) is 0 Å². The Balaban J connectivity index is 2.72. The van der Waals surface area contributed by atoms with Crippen molar-refractivity contribution in [1.82, 2.24) is 0 Å². The van der Waals surface area contributed by atoms with Crippen molar-refractivity contribution in [3.05, 3.63) is 54.4 Å². The first-order valence-corrected chi connectivity index (χ1v) is 3.36. The molecular weight excluding hydrogens is 134 g/mol. The Kier molecular flexibility index (Phi) is 2.91. The van der Waals surface area contributed by atoms with E-state index in [1.165, 1.54) is 6.20 Å². The van der Waals surface area contributed by atoms with Crippen LogP contribution in [0.1, 0.15) is 5.56 Å². The highest BCUT2D eigenvalue weighted by molar-refractivity contribution is 5.79. The number of hydrogen-bond acceptors (Lipinski definition) is 1. The van der Waals surface area contributed by atoms with Crippen molar-refractivity contribution in [2.24, 2.45) is 4.99 Å². The Hall–Kier alpha value is -1.59. The van der Waals surface area contributed by atoms with Gasteiger partial charge in [0.1, 0.15) is 0 Å². The Morgan fingerprint density at radius 3 is 2.64 bits per heavy atom. The first kappa shape index (κ1) is 7.52. The molecule has 0 aliphatic heterocycles. The molecule has 0 spiro atoms. The fraction of sp³-hybridized carbons (Fsp3) is 0. The largest absolute Gasteiger partial charge is 0.256 e. The van der Waals surface area contributed by atoms with Gasteiger partial charge in [-0.1, -0.05) is 36.9 Å². The van der Waals surface area contributed by atoms with Crippen LogP contribution in [0.25, 0.3) is 0 Å². The zero-order valence-corrected chi connectivity index (χ0v) is 6.20. The standard InChI is InChI=1S/C10H9N/c1-2-8-11-9-10-6-4-3-5-7-10/h3-9H,1H2. The number of aliphatic imine (C=N–C) groups is 1. The molecule has 0 aromatic heterocycles. The average Bonchev–Trinajstić information content (AvgIpc) is 2.07. The second-order valence-electron chi connectivity index (χ2n) is 2.02. The van der Waals surface area contributed by atoms with Gasteiger partial charge in [0, 0.05) is 6.21 Å². The van der Waals surface area contributed by atoms with Crippen LogP contribution in [-0.4, -0.2) is 6.21 Å². The van der Waals surface area contributed by atoms with Crippen LogP contribution in [-0.2, 0) is 0 Å². The molecular formula is C10H9N. The molecule has 0 saturated carbocycles. The van der Waals surface area contributed by atoms with Crippen LogP contribution in [0.4, 0.5) is 0 Å². The lowest BCUT2D eigenvalue weighted by Crippen LogP contribution is -1.75. The molecule has 1 rings (SSSR count). The highest BCUT2D eigenvalue weighted by atomic mass is 14.7. The second kappa shape index (κ2) is 4.26. The number of hydrogen-bond donors (Lipinski definition) is 0. The number of benzene rings is 1. The van der Waals surface area contributed by atoms with Crippen LogP contribution in [0.5, 0.6) is 0 Å². The van der Waals surface area contributed by atoms with Crippen molar-refractivity contribution in [1.29, 1.82) is 0 Å². The van der Waals surface area contributed by atoms with E-state index in [0.29, 0.717) is 0 Å². The molecule has 0 atom stereocenters. The Bertz CT molecular complexity index is 279. The van der Waals surface area contributed by atoms with E-state index in [1.54, 1.807) is 6.21 Å². The van der Waals surface area contributed by atoms with Gasteiger partial charge in [0.05, 0.1) is 6.20 Å². The molecule has 0 saturated heterocycles. The van der Waals surface area contributed by atoms with Crippen LogP contribution in [0, 0.1) is 0 Å². The van der Waals surface area contributed by atoms with Gasteiger partial charge in [-0.3, -0.25) is 4.99 Å². The fourth-order valence-corrected chi connectivity index (χ4v) is 0.715. The fourth-order valence-electron chi connectivity index (χ4n) is 0.715. The summed E-state index contributed by atoms with van der Waals surface area (Å²) in [5.41, 5.74) is 3.65. The van der Waals surface area contributed by atoms with E-state index in [2.05, 4.69) is 17.3 Å². The average molecular weight is 143 g/mol. The SMILES string of the molecule is C=C=CN=Cc1ccccc1. The minimum atomic E-state index is 1.08. The lowest BCUT2D eigenvalue weighted by Gasteiger charge is -1.86. The van der Waals surface area contributed by atoms with E-state index in [9.17, 15) is 0 Å². The number of rotatable bonds is 2. The van der Waals surface area contributed by atoms with Gasteiger partial charge in [-0.2, -0.15) is 0 Å². The predicted molar refractivity (Wildman–Crippen MR) is 47.7 cm³/mol. The first-order chi connectivity index (χ1) is 5.43. The third-order valence-corrected chi connectivity index (χ3v) is 1.19. The topological polar surface area (TPSA) is 12.4 Å². The Morgan fingerprint density at radius 2 is 2.00 bits per heavy atom. The summed E-state index contributed by atoms with van der Waals surface area (Å²) >= 11 is 0. The van der Waals surface area contributed by atoms with Gasteiger partial charge >= 0.3 is 0 Å². The van der Waals surface area contributed by atoms with Gasteiger partial charge in [0.15, 0.2) is 0 Å². The highest BCUT2D eigenvalue weighted by Crippen LogP contribution is 1.93. The van der Waals surface area contributed by atoms with Crippen molar-refractivity contribution in [2.75, 3.05) is 0 Å². The molecule has 0 fully saturated rings. The van der Waals surface area contributed by atoms with Crippen molar-refractivity contribution in [2.45, 2.75) is 0 Å². The summed E-state index contributed by atoms with van der Waals surface area (Å²) in [7, 11) is 0. The summed E-state index contributed by atoms with van der Waals surface area (Å²) < 4.78 is 0. The molecule has 1 aromatic rings. The zero-order chi connectivity index (χ0) is 7.94. The van der Waals surface area contributed by atoms with Crippen LogP contribution in [0.15, 0.2) is 53.8 Å². The molecule has 11 heavy (non-hydrogen) atoms. The van der Waals surface area contributed by atoms with Crippen molar-refractivity contribution in [3.63, 3.8) is 0 Å². The summed E-state index contributed by atoms with van der Waals surface area (Å²) in [6.07, 6.45) is 3.30. The maximum Gasteiger partial charge on any atom is 0.0680 e.